The summed E-state index contributed by atoms with van der Waals surface area (Å²) in [6.45, 7) is 1.75. The number of rotatable bonds is 5. The molecular weight excluding hydrogens is 188 g/mol. The van der Waals surface area contributed by atoms with Gasteiger partial charge in [0.2, 0.25) is 5.91 Å². The van der Waals surface area contributed by atoms with Gasteiger partial charge in [-0.3, -0.25) is 4.79 Å². The van der Waals surface area contributed by atoms with Crippen LogP contribution in [0.2, 0.25) is 0 Å². The van der Waals surface area contributed by atoms with Crippen molar-refractivity contribution in [2.24, 2.45) is 17.1 Å². The normalized spacial score (nSPS) is 21.9. The van der Waals surface area contributed by atoms with Gasteiger partial charge in [0, 0.05) is 13.1 Å². The highest BCUT2D eigenvalue weighted by Crippen LogP contribution is 2.46. The van der Waals surface area contributed by atoms with Gasteiger partial charge in [-0.2, -0.15) is 0 Å². The molecule has 2 N–H and O–H groups in total. The van der Waals surface area contributed by atoms with Crippen molar-refractivity contribution < 1.29 is 4.79 Å². The van der Waals surface area contributed by atoms with Crippen LogP contribution in [-0.2, 0) is 4.79 Å². The monoisotopic (exact) mass is 206 g/mol. The predicted molar refractivity (Wildman–Crippen MR) is 58.9 cm³/mol. The largest absolute Gasteiger partial charge is 0.331 e. The van der Waals surface area contributed by atoms with Crippen LogP contribution in [0.5, 0.6) is 0 Å². The van der Waals surface area contributed by atoms with Crippen LogP contribution < -0.4 is 5.73 Å². The van der Waals surface area contributed by atoms with Crippen molar-refractivity contribution in [3.05, 3.63) is 0 Å². The second-order valence-corrected chi connectivity index (χ2v) is 4.82. The molecule has 15 heavy (non-hydrogen) atoms. The molecule has 82 valence electrons. The second kappa shape index (κ2) is 3.86. The van der Waals surface area contributed by atoms with Gasteiger partial charge < -0.3 is 10.6 Å². The molecule has 2 saturated carbocycles. The highest BCUT2D eigenvalue weighted by atomic mass is 16.2. The molecule has 3 nitrogen and oxygen atoms in total. The zero-order chi connectivity index (χ0) is 10.9. The molecule has 0 unspecified atom stereocenters. The first-order valence-corrected chi connectivity index (χ1v) is 5.65. The number of terminal acetylenes is 1. The van der Waals surface area contributed by atoms with Crippen LogP contribution in [0, 0.1) is 23.7 Å². The lowest BCUT2D eigenvalue weighted by Gasteiger charge is -2.24. The molecule has 0 saturated heterocycles. The second-order valence-electron chi connectivity index (χ2n) is 4.82. The Bertz CT molecular complexity index is 297. The van der Waals surface area contributed by atoms with Crippen molar-refractivity contribution in [2.45, 2.75) is 25.7 Å². The Hall–Kier alpha value is -1.01. The van der Waals surface area contributed by atoms with E-state index in [1.54, 1.807) is 0 Å². The van der Waals surface area contributed by atoms with Crippen molar-refractivity contribution in [1.29, 1.82) is 0 Å². The van der Waals surface area contributed by atoms with Gasteiger partial charge in [-0.25, -0.2) is 0 Å². The maximum atomic E-state index is 12.2. The summed E-state index contributed by atoms with van der Waals surface area (Å²) in [6, 6.07) is 0. The molecule has 3 heteroatoms. The minimum Gasteiger partial charge on any atom is -0.331 e. The minimum atomic E-state index is -0.244. The number of carbonyl (C=O) groups is 1. The van der Waals surface area contributed by atoms with E-state index in [1.165, 1.54) is 12.8 Å². The average molecular weight is 206 g/mol. The third kappa shape index (κ3) is 2.15. The van der Waals surface area contributed by atoms with E-state index in [-0.39, 0.29) is 11.3 Å². The summed E-state index contributed by atoms with van der Waals surface area (Å²) in [5.74, 6) is 3.45. The Morgan fingerprint density at radius 1 is 1.53 bits per heavy atom. The van der Waals surface area contributed by atoms with Crippen LogP contribution in [0.3, 0.4) is 0 Å². The van der Waals surface area contributed by atoms with E-state index in [4.69, 9.17) is 12.2 Å². The van der Waals surface area contributed by atoms with Gasteiger partial charge in [0.25, 0.3) is 0 Å². The Kier molecular flexibility index (Phi) is 2.70. The summed E-state index contributed by atoms with van der Waals surface area (Å²) in [4.78, 5) is 14.0. The van der Waals surface area contributed by atoms with E-state index in [2.05, 4.69) is 5.92 Å². The van der Waals surface area contributed by atoms with Crippen LogP contribution in [0.25, 0.3) is 0 Å². The minimum absolute atomic E-state index is 0.190. The molecule has 0 atom stereocenters. The summed E-state index contributed by atoms with van der Waals surface area (Å²) in [5, 5.41) is 0. The maximum Gasteiger partial charge on any atom is 0.230 e. The molecule has 1 amide bonds. The van der Waals surface area contributed by atoms with Crippen LogP contribution in [0.1, 0.15) is 25.7 Å². The summed E-state index contributed by atoms with van der Waals surface area (Å²) in [7, 11) is 0. The molecule has 0 aromatic carbocycles. The summed E-state index contributed by atoms with van der Waals surface area (Å²) in [5.41, 5.74) is 5.41. The van der Waals surface area contributed by atoms with Gasteiger partial charge in [-0.15, -0.1) is 6.42 Å². The fourth-order valence-corrected chi connectivity index (χ4v) is 1.93. The quantitative estimate of drug-likeness (QED) is 0.669. The van der Waals surface area contributed by atoms with E-state index in [9.17, 15) is 4.79 Å². The smallest absolute Gasteiger partial charge is 0.230 e. The van der Waals surface area contributed by atoms with E-state index >= 15 is 0 Å². The Morgan fingerprint density at radius 2 is 2.20 bits per heavy atom. The van der Waals surface area contributed by atoms with E-state index in [1.807, 2.05) is 4.90 Å². The Morgan fingerprint density at radius 3 is 2.60 bits per heavy atom. The first-order chi connectivity index (χ1) is 7.22. The topological polar surface area (TPSA) is 46.3 Å². The van der Waals surface area contributed by atoms with E-state index in [0.29, 0.717) is 19.0 Å². The highest BCUT2D eigenvalue weighted by molar-refractivity contribution is 5.85. The van der Waals surface area contributed by atoms with Crippen LogP contribution in [0.4, 0.5) is 0 Å². The van der Waals surface area contributed by atoms with Gasteiger partial charge in [0.15, 0.2) is 0 Å². The lowest BCUT2D eigenvalue weighted by Crippen LogP contribution is -2.41. The van der Waals surface area contributed by atoms with Gasteiger partial charge >= 0.3 is 0 Å². The lowest BCUT2D eigenvalue weighted by molar-refractivity contribution is -0.136. The fraction of sp³-hybridized carbons (Fsp3) is 0.750. The molecule has 0 heterocycles. The molecule has 2 fully saturated rings. The lowest BCUT2D eigenvalue weighted by atomic mass is 10.1. The molecule has 0 aromatic rings. The molecule has 2 aliphatic rings. The van der Waals surface area contributed by atoms with Crippen LogP contribution in [-0.4, -0.2) is 30.4 Å². The summed E-state index contributed by atoms with van der Waals surface area (Å²) < 4.78 is 0. The Balaban J connectivity index is 1.97. The Labute approximate surface area is 91.0 Å². The number of amides is 1. The van der Waals surface area contributed by atoms with Crippen LogP contribution >= 0.6 is 0 Å². The predicted octanol–water partition coefficient (Wildman–Crippen LogP) is 0.597. The molecule has 2 aliphatic carbocycles. The highest BCUT2D eigenvalue weighted by Gasteiger charge is 2.50. The molecule has 0 aromatic heterocycles. The van der Waals surface area contributed by atoms with Gasteiger partial charge in [0.1, 0.15) is 0 Å². The van der Waals surface area contributed by atoms with Gasteiger partial charge in [0.05, 0.1) is 12.0 Å². The van der Waals surface area contributed by atoms with Crippen molar-refractivity contribution >= 4 is 5.91 Å². The van der Waals surface area contributed by atoms with Crippen molar-refractivity contribution in [3.63, 3.8) is 0 Å². The number of carbonyl (C=O) groups excluding carboxylic acids is 1. The van der Waals surface area contributed by atoms with Crippen molar-refractivity contribution in [2.75, 3.05) is 19.6 Å². The first kappa shape index (κ1) is 10.5. The SMILES string of the molecule is C#CCN(CC1CC1)C(=O)C1(CN)CC1. The van der Waals surface area contributed by atoms with Gasteiger partial charge in [-0.05, 0) is 31.6 Å². The molecule has 0 radical (unpaired) electrons. The molecule has 0 bridgehead atoms. The third-order valence-corrected chi connectivity index (χ3v) is 3.44. The number of nitrogens with two attached hydrogens (primary N) is 1. The fourth-order valence-electron chi connectivity index (χ4n) is 1.93. The first-order valence-electron chi connectivity index (χ1n) is 5.65. The summed E-state index contributed by atoms with van der Waals surface area (Å²) in [6.07, 6.45) is 9.65. The average Bonchev–Trinajstić information content (AvgIpc) is 3.12. The number of hydrogen-bond donors (Lipinski definition) is 1. The molecule has 2 rings (SSSR count). The van der Waals surface area contributed by atoms with E-state index < -0.39 is 0 Å². The van der Waals surface area contributed by atoms with Gasteiger partial charge in [-0.1, -0.05) is 5.92 Å². The van der Waals surface area contributed by atoms with Crippen LogP contribution in [0.15, 0.2) is 0 Å². The standard InChI is InChI=1S/C12H18N2O/c1-2-7-14(8-10-3-4-10)11(15)12(9-13)5-6-12/h1,10H,3-9,13H2. The van der Waals surface area contributed by atoms with E-state index in [0.717, 1.165) is 19.4 Å². The maximum absolute atomic E-state index is 12.2. The zero-order valence-electron chi connectivity index (χ0n) is 9.04. The zero-order valence-corrected chi connectivity index (χ0v) is 9.04. The molecular formula is C12H18N2O. The van der Waals surface area contributed by atoms with Crippen molar-refractivity contribution in [3.8, 4) is 12.3 Å². The molecule has 0 aliphatic heterocycles. The summed E-state index contributed by atoms with van der Waals surface area (Å²) >= 11 is 0. The molecule has 0 spiro atoms. The van der Waals surface area contributed by atoms with Crippen molar-refractivity contribution in [1.82, 2.24) is 4.90 Å². The number of nitrogens with zero attached hydrogens (tertiary/aromatic N) is 1. The third-order valence-electron chi connectivity index (χ3n) is 3.44. The number of hydrogen-bond acceptors (Lipinski definition) is 2.